The molecular formula is C22H26N4O. The Kier molecular flexibility index (Phi) is 6.26. The number of anilines is 1. The predicted octanol–water partition coefficient (Wildman–Crippen LogP) is 4.14. The Morgan fingerprint density at radius 2 is 1.96 bits per heavy atom. The second-order valence-electron chi connectivity index (χ2n) is 6.52. The van der Waals surface area contributed by atoms with Gasteiger partial charge in [-0.25, -0.2) is 4.98 Å². The van der Waals surface area contributed by atoms with Gasteiger partial charge in [-0.05, 0) is 37.0 Å². The number of benzene rings is 1. The summed E-state index contributed by atoms with van der Waals surface area (Å²) in [5.74, 6) is -0.144. The molecule has 27 heavy (non-hydrogen) atoms. The number of H-pyrrole nitrogens is 1. The molecule has 4 rings (SSSR count). The number of aromatic nitrogens is 2. The Labute approximate surface area is 160 Å². The van der Waals surface area contributed by atoms with Crippen LogP contribution in [0.15, 0.2) is 61.4 Å². The number of hydrogen-bond acceptors (Lipinski definition) is 3. The minimum absolute atomic E-state index is 0.144. The highest BCUT2D eigenvalue weighted by Gasteiger charge is 2.14. The summed E-state index contributed by atoms with van der Waals surface area (Å²) in [7, 11) is 1.56. The molecule has 5 heteroatoms. The highest BCUT2D eigenvalue weighted by Crippen LogP contribution is 2.30. The van der Waals surface area contributed by atoms with Crippen molar-refractivity contribution in [3.8, 4) is 11.1 Å². The maximum Gasteiger partial charge on any atom is 0.243 e. The molecule has 1 aliphatic heterocycles. The van der Waals surface area contributed by atoms with Gasteiger partial charge in [0.2, 0.25) is 5.91 Å². The van der Waals surface area contributed by atoms with Crippen molar-refractivity contribution in [1.82, 2.24) is 15.3 Å². The molecule has 0 atom stereocenters. The Hall–Kier alpha value is -3.08. The average molecular weight is 362 g/mol. The molecule has 0 unspecified atom stereocenters. The maximum atomic E-state index is 9.95. The maximum absolute atomic E-state index is 9.95. The Morgan fingerprint density at radius 1 is 1.22 bits per heavy atom. The number of amides is 1. The molecule has 3 heterocycles. The summed E-state index contributed by atoms with van der Waals surface area (Å²) in [5.41, 5.74) is 4.69. The van der Waals surface area contributed by atoms with Gasteiger partial charge in [0.15, 0.2) is 0 Å². The number of fused-ring (bicyclic) bond motifs is 1. The van der Waals surface area contributed by atoms with E-state index in [-0.39, 0.29) is 5.91 Å². The molecule has 5 nitrogen and oxygen atoms in total. The van der Waals surface area contributed by atoms with E-state index in [9.17, 15) is 4.79 Å². The van der Waals surface area contributed by atoms with Crippen LogP contribution in [0.1, 0.15) is 19.3 Å². The molecule has 140 valence electrons. The molecule has 1 amide bonds. The SMILES string of the molecule is C=CC(=O)NC.c1ccc(-c2c[nH]c3ncc(N4CCCCC4)cc23)cc1. The molecule has 0 spiro atoms. The number of nitrogens with zero attached hydrogens (tertiary/aromatic N) is 2. The summed E-state index contributed by atoms with van der Waals surface area (Å²) < 4.78 is 0. The summed E-state index contributed by atoms with van der Waals surface area (Å²) in [6.45, 7) is 5.52. The third-order valence-corrected chi connectivity index (χ3v) is 4.75. The van der Waals surface area contributed by atoms with E-state index in [2.05, 4.69) is 69.4 Å². The number of likely N-dealkylation sites (N-methyl/N-ethyl adjacent to an activating group) is 1. The number of nitrogens with one attached hydrogen (secondary N) is 2. The fourth-order valence-electron chi connectivity index (χ4n) is 3.28. The number of rotatable bonds is 3. The van der Waals surface area contributed by atoms with Gasteiger partial charge in [-0.2, -0.15) is 0 Å². The lowest BCUT2D eigenvalue weighted by atomic mass is 10.1. The molecule has 1 saturated heterocycles. The van der Waals surface area contributed by atoms with E-state index < -0.39 is 0 Å². The van der Waals surface area contributed by atoms with Crippen LogP contribution in [0.2, 0.25) is 0 Å². The first kappa shape index (κ1) is 18.7. The van der Waals surface area contributed by atoms with Crippen LogP contribution >= 0.6 is 0 Å². The molecule has 0 aliphatic carbocycles. The van der Waals surface area contributed by atoms with Crippen molar-refractivity contribution in [2.24, 2.45) is 0 Å². The number of carbonyl (C=O) groups is 1. The van der Waals surface area contributed by atoms with Gasteiger partial charge in [0, 0.05) is 37.3 Å². The summed E-state index contributed by atoms with van der Waals surface area (Å²) in [6, 6.07) is 12.8. The Morgan fingerprint density at radius 3 is 2.59 bits per heavy atom. The molecule has 0 saturated carbocycles. The third-order valence-electron chi connectivity index (χ3n) is 4.75. The zero-order valence-corrected chi connectivity index (χ0v) is 15.7. The van der Waals surface area contributed by atoms with E-state index in [4.69, 9.17) is 0 Å². The van der Waals surface area contributed by atoms with Crippen LogP contribution in [-0.4, -0.2) is 36.0 Å². The Bertz CT molecular complexity index is 895. The standard InChI is InChI=1S/C18H19N3.C4H7NO/c1-3-7-14(8-4-1)17-13-20-18-16(17)11-15(12-19-18)21-9-5-2-6-10-21;1-3-4(6)5-2/h1,3-4,7-8,11-13H,2,5-6,9-10H2,(H,19,20);3H,1H2,2H3,(H,5,6). The smallest absolute Gasteiger partial charge is 0.243 e. The number of carbonyl (C=O) groups excluding carboxylic acids is 1. The highest BCUT2D eigenvalue weighted by molar-refractivity contribution is 5.95. The van der Waals surface area contributed by atoms with Crippen LogP contribution in [-0.2, 0) is 4.79 Å². The first-order valence-corrected chi connectivity index (χ1v) is 9.34. The van der Waals surface area contributed by atoms with Crippen LogP contribution in [0, 0.1) is 0 Å². The van der Waals surface area contributed by atoms with E-state index in [1.54, 1.807) is 7.05 Å². The van der Waals surface area contributed by atoms with Gasteiger partial charge >= 0.3 is 0 Å². The van der Waals surface area contributed by atoms with Gasteiger partial charge in [-0.1, -0.05) is 36.9 Å². The fraction of sp³-hybridized carbons (Fsp3) is 0.273. The van der Waals surface area contributed by atoms with Crippen molar-refractivity contribution in [2.45, 2.75) is 19.3 Å². The summed E-state index contributed by atoms with van der Waals surface area (Å²) in [6.07, 6.45) is 9.21. The molecule has 3 aromatic rings. The fourth-order valence-corrected chi connectivity index (χ4v) is 3.28. The number of piperidine rings is 1. The van der Waals surface area contributed by atoms with Crippen LogP contribution < -0.4 is 10.2 Å². The molecule has 2 aromatic heterocycles. The van der Waals surface area contributed by atoms with E-state index in [1.807, 2.05) is 6.20 Å². The second-order valence-corrected chi connectivity index (χ2v) is 6.52. The molecular weight excluding hydrogens is 336 g/mol. The van der Waals surface area contributed by atoms with Crippen LogP contribution in [0.25, 0.3) is 22.2 Å². The largest absolute Gasteiger partial charge is 0.370 e. The molecule has 2 N–H and O–H groups in total. The zero-order valence-electron chi connectivity index (χ0n) is 15.7. The van der Waals surface area contributed by atoms with Gasteiger partial charge in [-0.15, -0.1) is 0 Å². The van der Waals surface area contributed by atoms with Gasteiger partial charge in [0.05, 0.1) is 11.9 Å². The van der Waals surface area contributed by atoms with Crippen molar-refractivity contribution >= 4 is 22.6 Å². The van der Waals surface area contributed by atoms with Crippen LogP contribution in [0.4, 0.5) is 5.69 Å². The Balaban J connectivity index is 0.000000307. The van der Waals surface area contributed by atoms with Crippen molar-refractivity contribution in [1.29, 1.82) is 0 Å². The normalized spacial score (nSPS) is 13.6. The number of aromatic amines is 1. The first-order valence-electron chi connectivity index (χ1n) is 9.34. The molecule has 0 radical (unpaired) electrons. The highest BCUT2D eigenvalue weighted by atomic mass is 16.1. The molecule has 1 fully saturated rings. The van der Waals surface area contributed by atoms with Crippen LogP contribution in [0.3, 0.4) is 0 Å². The minimum Gasteiger partial charge on any atom is -0.370 e. The first-order chi connectivity index (χ1) is 13.2. The summed E-state index contributed by atoms with van der Waals surface area (Å²) >= 11 is 0. The summed E-state index contributed by atoms with van der Waals surface area (Å²) in [5, 5.41) is 3.57. The van der Waals surface area contributed by atoms with E-state index in [1.165, 1.54) is 47.5 Å². The molecule has 0 bridgehead atoms. The second kappa shape index (κ2) is 9.03. The monoisotopic (exact) mass is 362 g/mol. The van der Waals surface area contributed by atoms with Crippen molar-refractivity contribution in [3.63, 3.8) is 0 Å². The number of pyridine rings is 1. The van der Waals surface area contributed by atoms with Gasteiger partial charge in [-0.3, -0.25) is 4.79 Å². The molecule has 1 aromatic carbocycles. The molecule has 1 aliphatic rings. The minimum atomic E-state index is -0.144. The van der Waals surface area contributed by atoms with E-state index in [0.717, 1.165) is 18.7 Å². The quantitative estimate of drug-likeness (QED) is 0.689. The average Bonchev–Trinajstić information content (AvgIpc) is 3.18. The van der Waals surface area contributed by atoms with Crippen LogP contribution in [0.5, 0.6) is 0 Å². The lowest BCUT2D eigenvalue weighted by molar-refractivity contribution is -0.116. The van der Waals surface area contributed by atoms with Crippen molar-refractivity contribution < 1.29 is 4.79 Å². The topological polar surface area (TPSA) is 61.0 Å². The number of hydrogen-bond donors (Lipinski definition) is 2. The summed E-state index contributed by atoms with van der Waals surface area (Å²) in [4.78, 5) is 20.3. The lowest BCUT2D eigenvalue weighted by Crippen LogP contribution is -2.29. The van der Waals surface area contributed by atoms with Crippen molar-refractivity contribution in [2.75, 3.05) is 25.0 Å². The third kappa shape index (κ3) is 4.56. The van der Waals surface area contributed by atoms with Gasteiger partial charge < -0.3 is 15.2 Å². The van der Waals surface area contributed by atoms with E-state index in [0.29, 0.717) is 0 Å². The van der Waals surface area contributed by atoms with Crippen molar-refractivity contribution in [3.05, 3.63) is 61.4 Å². The van der Waals surface area contributed by atoms with Gasteiger partial charge in [0.1, 0.15) is 5.65 Å². The lowest BCUT2D eigenvalue weighted by Gasteiger charge is -2.28. The predicted molar refractivity (Wildman–Crippen MR) is 112 cm³/mol. The van der Waals surface area contributed by atoms with E-state index >= 15 is 0 Å². The van der Waals surface area contributed by atoms with Gasteiger partial charge in [0.25, 0.3) is 0 Å². The zero-order chi connectivity index (χ0) is 19.1.